The zero-order valence-electron chi connectivity index (χ0n) is 10.3. The second kappa shape index (κ2) is 4.98. The summed E-state index contributed by atoms with van der Waals surface area (Å²) in [4.78, 5) is 12.0. The van der Waals surface area contributed by atoms with Crippen molar-refractivity contribution in [2.24, 2.45) is 0 Å². The standard InChI is InChI=1S/C14H14BrNO2/c1-3-16-13(7-6-12(15)14(16)18)11-5-4-10(17)8-9(11)2/h4-8,17H,3H2,1-2H3. The molecular weight excluding hydrogens is 294 g/mol. The maximum atomic E-state index is 12.0. The molecule has 3 nitrogen and oxygen atoms in total. The number of rotatable bonds is 2. The summed E-state index contributed by atoms with van der Waals surface area (Å²) >= 11 is 3.25. The molecule has 0 atom stereocenters. The molecule has 0 radical (unpaired) electrons. The average Bonchev–Trinajstić information content (AvgIpc) is 2.33. The van der Waals surface area contributed by atoms with E-state index in [0.29, 0.717) is 11.0 Å². The lowest BCUT2D eigenvalue weighted by atomic mass is 10.0. The Balaban J connectivity index is 2.71. The Kier molecular flexibility index (Phi) is 3.57. The lowest BCUT2D eigenvalue weighted by Gasteiger charge is -2.13. The van der Waals surface area contributed by atoms with Crippen molar-refractivity contribution >= 4 is 15.9 Å². The summed E-state index contributed by atoms with van der Waals surface area (Å²) in [6, 6.07) is 8.83. The molecule has 0 unspecified atom stereocenters. The van der Waals surface area contributed by atoms with Crippen LogP contribution in [0.5, 0.6) is 5.75 Å². The van der Waals surface area contributed by atoms with Crippen LogP contribution < -0.4 is 5.56 Å². The highest BCUT2D eigenvalue weighted by molar-refractivity contribution is 9.10. The molecule has 1 aromatic carbocycles. The van der Waals surface area contributed by atoms with Crippen LogP contribution in [0, 0.1) is 6.92 Å². The van der Waals surface area contributed by atoms with Crippen LogP contribution in [0.4, 0.5) is 0 Å². The molecule has 0 bridgehead atoms. The Bertz CT molecular complexity index is 647. The van der Waals surface area contributed by atoms with Gasteiger partial charge in [0, 0.05) is 12.1 Å². The zero-order chi connectivity index (χ0) is 13.3. The van der Waals surface area contributed by atoms with E-state index in [1.807, 2.05) is 26.0 Å². The van der Waals surface area contributed by atoms with Gasteiger partial charge in [0.05, 0.1) is 10.2 Å². The van der Waals surface area contributed by atoms with Crippen LogP contribution in [0.15, 0.2) is 39.6 Å². The fraction of sp³-hybridized carbons (Fsp3) is 0.214. The summed E-state index contributed by atoms with van der Waals surface area (Å²) in [7, 11) is 0. The number of aromatic nitrogens is 1. The highest BCUT2D eigenvalue weighted by Crippen LogP contribution is 2.26. The van der Waals surface area contributed by atoms with Crippen LogP contribution in [-0.2, 0) is 6.54 Å². The van der Waals surface area contributed by atoms with Crippen molar-refractivity contribution in [3.05, 3.63) is 50.7 Å². The lowest BCUT2D eigenvalue weighted by Crippen LogP contribution is -2.21. The van der Waals surface area contributed by atoms with E-state index in [1.165, 1.54) is 0 Å². The third-order valence-electron chi connectivity index (χ3n) is 2.93. The monoisotopic (exact) mass is 307 g/mol. The average molecular weight is 308 g/mol. The number of pyridine rings is 1. The molecule has 18 heavy (non-hydrogen) atoms. The molecule has 2 rings (SSSR count). The summed E-state index contributed by atoms with van der Waals surface area (Å²) in [6.07, 6.45) is 0. The second-order valence-electron chi connectivity index (χ2n) is 4.12. The predicted octanol–water partition coefficient (Wildman–Crippen LogP) is 3.31. The van der Waals surface area contributed by atoms with E-state index in [0.717, 1.165) is 16.8 Å². The molecular formula is C14H14BrNO2. The van der Waals surface area contributed by atoms with Gasteiger partial charge in [-0.05, 0) is 65.7 Å². The largest absolute Gasteiger partial charge is 0.508 e. The number of aryl methyl sites for hydroxylation is 1. The number of halogens is 1. The fourth-order valence-electron chi connectivity index (χ4n) is 2.04. The molecule has 1 aromatic heterocycles. The Morgan fingerprint density at radius 2 is 2.00 bits per heavy atom. The van der Waals surface area contributed by atoms with Crippen molar-refractivity contribution in [1.82, 2.24) is 4.57 Å². The summed E-state index contributed by atoms with van der Waals surface area (Å²) in [5.41, 5.74) is 2.73. The molecule has 0 aliphatic carbocycles. The van der Waals surface area contributed by atoms with E-state index in [1.54, 1.807) is 22.8 Å². The molecule has 0 amide bonds. The van der Waals surface area contributed by atoms with Gasteiger partial charge in [-0.25, -0.2) is 0 Å². The minimum absolute atomic E-state index is 0.0394. The van der Waals surface area contributed by atoms with Crippen molar-refractivity contribution in [3.63, 3.8) is 0 Å². The van der Waals surface area contributed by atoms with Gasteiger partial charge >= 0.3 is 0 Å². The van der Waals surface area contributed by atoms with Gasteiger partial charge in [0.2, 0.25) is 0 Å². The maximum Gasteiger partial charge on any atom is 0.265 e. The smallest absolute Gasteiger partial charge is 0.265 e. The molecule has 1 heterocycles. The van der Waals surface area contributed by atoms with Crippen LogP contribution in [-0.4, -0.2) is 9.67 Å². The molecule has 94 valence electrons. The number of aromatic hydroxyl groups is 1. The van der Waals surface area contributed by atoms with Crippen LogP contribution in [0.1, 0.15) is 12.5 Å². The fourth-order valence-corrected chi connectivity index (χ4v) is 2.38. The molecule has 0 spiro atoms. The predicted molar refractivity (Wildman–Crippen MR) is 75.9 cm³/mol. The molecule has 1 N–H and O–H groups in total. The van der Waals surface area contributed by atoms with Crippen LogP contribution in [0.3, 0.4) is 0 Å². The number of hydrogen-bond donors (Lipinski definition) is 1. The third-order valence-corrected chi connectivity index (χ3v) is 3.53. The molecule has 0 aliphatic rings. The van der Waals surface area contributed by atoms with E-state index in [4.69, 9.17) is 0 Å². The van der Waals surface area contributed by atoms with Gasteiger partial charge in [-0.3, -0.25) is 4.79 Å². The van der Waals surface area contributed by atoms with Gasteiger partial charge in [-0.15, -0.1) is 0 Å². The zero-order valence-corrected chi connectivity index (χ0v) is 11.9. The first-order valence-electron chi connectivity index (χ1n) is 5.74. The van der Waals surface area contributed by atoms with Gasteiger partial charge in [-0.2, -0.15) is 0 Å². The van der Waals surface area contributed by atoms with Crippen LogP contribution in [0.2, 0.25) is 0 Å². The molecule has 4 heteroatoms. The van der Waals surface area contributed by atoms with Crippen molar-refractivity contribution in [2.75, 3.05) is 0 Å². The Labute approximate surface area is 114 Å². The summed E-state index contributed by atoms with van der Waals surface area (Å²) < 4.78 is 2.27. The van der Waals surface area contributed by atoms with Crippen LogP contribution in [0.25, 0.3) is 11.3 Å². The highest BCUT2D eigenvalue weighted by atomic mass is 79.9. The summed E-state index contributed by atoms with van der Waals surface area (Å²) in [5.74, 6) is 0.235. The number of phenols is 1. The highest BCUT2D eigenvalue weighted by Gasteiger charge is 2.10. The number of phenolic OH excluding ortho intramolecular Hbond substituents is 1. The lowest BCUT2D eigenvalue weighted by molar-refractivity contribution is 0.475. The maximum absolute atomic E-state index is 12.0. The molecule has 2 aromatic rings. The Morgan fingerprint density at radius 3 is 2.61 bits per heavy atom. The Morgan fingerprint density at radius 1 is 1.28 bits per heavy atom. The second-order valence-corrected chi connectivity index (χ2v) is 4.97. The first kappa shape index (κ1) is 12.9. The minimum Gasteiger partial charge on any atom is -0.508 e. The van der Waals surface area contributed by atoms with E-state index in [2.05, 4.69) is 15.9 Å². The van der Waals surface area contributed by atoms with Gasteiger partial charge in [0.25, 0.3) is 5.56 Å². The molecule has 0 aliphatic heterocycles. The van der Waals surface area contributed by atoms with Crippen molar-refractivity contribution in [3.8, 4) is 17.0 Å². The molecule has 0 saturated heterocycles. The van der Waals surface area contributed by atoms with E-state index in [9.17, 15) is 9.90 Å². The van der Waals surface area contributed by atoms with Gasteiger partial charge in [-0.1, -0.05) is 0 Å². The van der Waals surface area contributed by atoms with Crippen molar-refractivity contribution in [2.45, 2.75) is 20.4 Å². The van der Waals surface area contributed by atoms with E-state index < -0.39 is 0 Å². The minimum atomic E-state index is -0.0394. The number of hydrogen-bond acceptors (Lipinski definition) is 2. The van der Waals surface area contributed by atoms with Crippen molar-refractivity contribution in [1.29, 1.82) is 0 Å². The summed E-state index contributed by atoms with van der Waals surface area (Å²) in [5, 5.41) is 9.43. The summed E-state index contributed by atoms with van der Waals surface area (Å²) in [6.45, 7) is 4.46. The third kappa shape index (κ3) is 2.20. The number of nitrogens with zero attached hydrogens (tertiary/aromatic N) is 1. The van der Waals surface area contributed by atoms with Crippen LogP contribution >= 0.6 is 15.9 Å². The van der Waals surface area contributed by atoms with E-state index >= 15 is 0 Å². The quantitative estimate of drug-likeness (QED) is 0.925. The normalized spacial score (nSPS) is 10.6. The van der Waals surface area contributed by atoms with Crippen molar-refractivity contribution < 1.29 is 5.11 Å². The molecule has 0 saturated carbocycles. The molecule has 0 fully saturated rings. The first-order valence-corrected chi connectivity index (χ1v) is 6.53. The Hall–Kier alpha value is -1.55. The SMILES string of the molecule is CCn1c(-c2ccc(O)cc2C)ccc(Br)c1=O. The number of benzene rings is 1. The van der Waals surface area contributed by atoms with Gasteiger partial charge < -0.3 is 9.67 Å². The first-order chi connectivity index (χ1) is 8.54. The van der Waals surface area contributed by atoms with Gasteiger partial charge in [0.15, 0.2) is 0 Å². The topological polar surface area (TPSA) is 42.2 Å². The van der Waals surface area contributed by atoms with Gasteiger partial charge in [0.1, 0.15) is 5.75 Å². The van der Waals surface area contributed by atoms with E-state index in [-0.39, 0.29) is 11.3 Å².